The van der Waals surface area contributed by atoms with E-state index in [1.807, 2.05) is 36.4 Å². The minimum atomic E-state index is -1.78. The predicted molar refractivity (Wildman–Crippen MR) is 112 cm³/mol. The van der Waals surface area contributed by atoms with Crippen LogP contribution in [0.1, 0.15) is 37.0 Å². The van der Waals surface area contributed by atoms with Crippen LogP contribution in [0, 0.1) is 0 Å². The van der Waals surface area contributed by atoms with Crippen LogP contribution in [-0.2, 0) is 13.6 Å². The zero-order chi connectivity index (χ0) is 20.0. The lowest BCUT2D eigenvalue weighted by molar-refractivity contribution is -0.145. The molecule has 148 valence electrons. The number of ether oxygens (including phenoxy) is 1. The van der Waals surface area contributed by atoms with E-state index in [0.717, 1.165) is 23.5 Å². The summed E-state index contributed by atoms with van der Waals surface area (Å²) in [7, 11) is 0. The Morgan fingerprint density at radius 1 is 1.04 bits per heavy atom. The van der Waals surface area contributed by atoms with E-state index in [2.05, 4.69) is 0 Å². The summed E-state index contributed by atoms with van der Waals surface area (Å²) in [6, 6.07) is 18.5. The Bertz CT molecular complexity index is 815. The van der Waals surface area contributed by atoms with Gasteiger partial charge in [0, 0.05) is 18.9 Å². The zero-order valence-corrected chi connectivity index (χ0v) is 17.2. The number of carbonyl (C=O) groups is 1. The molecule has 2 aromatic carbocycles. The highest BCUT2D eigenvalue weighted by Gasteiger charge is 2.40. The number of hydrogen-bond donors (Lipinski definition) is 0. The molecule has 28 heavy (non-hydrogen) atoms. The van der Waals surface area contributed by atoms with E-state index in [4.69, 9.17) is 4.74 Å². The van der Waals surface area contributed by atoms with Crippen LogP contribution >= 0.6 is 23.5 Å². The lowest BCUT2D eigenvalue weighted by Crippen LogP contribution is -2.26. The molecule has 1 fully saturated rings. The highest BCUT2D eigenvalue weighted by Crippen LogP contribution is 2.55. The van der Waals surface area contributed by atoms with Gasteiger partial charge >= 0.3 is 5.97 Å². The van der Waals surface area contributed by atoms with Gasteiger partial charge in [-0.05, 0) is 29.1 Å². The number of thioether (sulfide) groups is 2. The summed E-state index contributed by atoms with van der Waals surface area (Å²) in [6.07, 6.45) is -1.71. The van der Waals surface area contributed by atoms with Crippen LogP contribution in [0.5, 0.6) is 0 Å². The SMILES string of the molecule is CC(=O)OC(C(CC1(c2ccccc2)SCCCS1)=C(F)F)c1ccccc1. The van der Waals surface area contributed by atoms with Gasteiger partial charge in [0.1, 0.15) is 0 Å². The molecule has 0 amide bonds. The van der Waals surface area contributed by atoms with Gasteiger partial charge in [-0.2, -0.15) is 8.78 Å². The van der Waals surface area contributed by atoms with Crippen molar-refractivity contribution in [2.24, 2.45) is 0 Å². The van der Waals surface area contributed by atoms with E-state index in [0.29, 0.717) is 5.56 Å². The van der Waals surface area contributed by atoms with Crippen molar-refractivity contribution < 1.29 is 18.3 Å². The van der Waals surface area contributed by atoms with Crippen molar-refractivity contribution in [2.75, 3.05) is 11.5 Å². The van der Waals surface area contributed by atoms with Crippen molar-refractivity contribution in [3.8, 4) is 0 Å². The van der Waals surface area contributed by atoms with Crippen LogP contribution in [0.2, 0.25) is 0 Å². The van der Waals surface area contributed by atoms with Gasteiger partial charge in [0.05, 0.1) is 4.08 Å². The summed E-state index contributed by atoms with van der Waals surface area (Å²) in [6.45, 7) is 1.25. The Morgan fingerprint density at radius 2 is 1.61 bits per heavy atom. The molecule has 0 spiro atoms. The maximum atomic E-state index is 14.2. The molecule has 0 bridgehead atoms. The van der Waals surface area contributed by atoms with Crippen LogP contribution in [0.15, 0.2) is 72.3 Å². The molecule has 3 rings (SSSR count). The Hall–Kier alpha value is -1.79. The van der Waals surface area contributed by atoms with Crippen molar-refractivity contribution in [3.05, 3.63) is 83.4 Å². The summed E-state index contributed by atoms with van der Waals surface area (Å²) in [5, 5.41) is 0. The van der Waals surface area contributed by atoms with Gasteiger partial charge < -0.3 is 4.74 Å². The van der Waals surface area contributed by atoms with Gasteiger partial charge in [-0.1, -0.05) is 60.7 Å². The van der Waals surface area contributed by atoms with Gasteiger partial charge in [0.15, 0.2) is 6.10 Å². The quantitative estimate of drug-likeness (QED) is 0.495. The fourth-order valence-electron chi connectivity index (χ4n) is 3.28. The molecular formula is C22H22F2O2S2. The highest BCUT2D eigenvalue weighted by atomic mass is 32.2. The van der Waals surface area contributed by atoms with Crippen LogP contribution in [-0.4, -0.2) is 17.5 Å². The fraction of sp³-hybridized carbons (Fsp3) is 0.318. The van der Waals surface area contributed by atoms with E-state index in [1.165, 1.54) is 6.92 Å². The van der Waals surface area contributed by atoms with Crippen molar-refractivity contribution in [1.82, 2.24) is 0 Å². The number of esters is 1. The summed E-state index contributed by atoms with van der Waals surface area (Å²) in [5.41, 5.74) is 1.43. The third-order valence-electron chi connectivity index (χ3n) is 4.54. The minimum absolute atomic E-state index is 0.113. The molecule has 0 aromatic heterocycles. The van der Waals surface area contributed by atoms with Crippen molar-refractivity contribution in [1.29, 1.82) is 0 Å². The number of halogens is 2. The van der Waals surface area contributed by atoms with Gasteiger partial charge in [0.25, 0.3) is 6.08 Å². The molecule has 0 radical (unpaired) electrons. The topological polar surface area (TPSA) is 26.3 Å². The lowest BCUT2D eigenvalue weighted by atomic mass is 9.95. The molecule has 0 saturated carbocycles. The molecule has 1 unspecified atom stereocenters. The van der Waals surface area contributed by atoms with E-state index < -0.39 is 22.2 Å². The number of benzene rings is 2. The molecule has 1 aliphatic heterocycles. The average Bonchev–Trinajstić information content (AvgIpc) is 2.72. The summed E-state index contributed by atoms with van der Waals surface area (Å²) in [4.78, 5) is 11.7. The summed E-state index contributed by atoms with van der Waals surface area (Å²) >= 11 is 3.39. The van der Waals surface area contributed by atoms with Crippen molar-refractivity contribution in [2.45, 2.75) is 29.9 Å². The monoisotopic (exact) mass is 420 g/mol. The fourth-order valence-corrected chi connectivity index (χ4v) is 6.65. The first-order valence-corrected chi connectivity index (χ1v) is 11.1. The molecule has 2 aromatic rings. The van der Waals surface area contributed by atoms with Crippen LogP contribution < -0.4 is 0 Å². The molecule has 1 saturated heterocycles. The molecule has 2 nitrogen and oxygen atoms in total. The summed E-state index contributed by atoms with van der Waals surface area (Å²) < 4.78 is 33.3. The highest BCUT2D eigenvalue weighted by molar-refractivity contribution is 8.18. The average molecular weight is 421 g/mol. The normalized spacial score (nSPS) is 16.8. The van der Waals surface area contributed by atoms with Gasteiger partial charge in [0.2, 0.25) is 0 Å². The van der Waals surface area contributed by atoms with E-state index in [1.54, 1.807) is 47.8 Å². The van der Waals surface area contributed by atoms with Crippen LogP contribution in [0.4, 0.5) is 8.78 Å². The van der Waals surface area contributed by atoms with Gasteiger partial charge in [-0.15, -0.1) is 23.5 Å². The predicted octanol–water partition coefficient (Wildman–Crippen LogP) is 6.55. The second-order valence-electron chi connectivity index (χ2n) is 6.53. The van der Waals surface area contributed by atoms with Crippen molar-refractivity contribution >= 4 is 29.5 Å². The van der Waals surface area contributed by atoms with Crippen molar-refractivity contribution in [3.63, 3.8) is 0 Å². The van der Waals surface area contributed by atoms with E-state index >= 15 is 0 Å². The lowest BCUT2D eigenvalue weighted by Gasteiger charge is -2.38. The summed E-state index contributed by atoms with van der Waals surface area (Å²) in [5.74, 6) is 1.24. The number of rotatable bonds is 6. The first kappa shape index (κ1) is 20.9. The zero-order valence-electron chi connectivity index (χ0n) is 15.6. The van der Waals surface area contributed by atoms with Gasteiger partial charge in [-0.25, -0.2) is 0 Å². The minimum Gasteiger partial charge on any atom is -0.453 e. The first-order valence-electron chi connectivity index (χ1n) is 9.11. The molecule has 0 N–H and O–H groups in total. The maximum Gasteiger partial charge on any atom is 0.303 e. The number of carbonyl (C=O) groups excluding carboxylic acids is 1. The Morgan fingerprint density at radius 3 is 2.14 bits per heavy atom. The van der Waals surface area contributed by atoms with Crippen LogP contribution in [0.3, 0.4) is 0 Å². The van der Waals surface area contributed by atoms with Gasteiger partial charge in [-0.3, -0.25) is 4.79 Å². The van der Waals surface area contributed by atoms with Crippen LogP contribution in [0.25, 0.3) is 0 Å². The standard InChI is InChI=1S/C22H22F2O2S2/c1-16(25)26-20(17-9-4-2-5-10-17)19(21(23)24)15-22(27-13-8-14-28-22)18-11-6-3-7-12-18/h2-7,9-12,20H,8,13-15H2,1H3. The first-order chi connectivity index (χ1) is 13.5. The second-order valence-corrected chi connectivity index (χ2v) is 9.58. The largest absolute Gasteiger partial charge is 0.453 e. The molecule has 6 heteroatoms. The second kappa shape index (κ2) is 9.61. The Kier molecular flexibility index (Phi) is 7.18. The Labute approximate surface area is 172 Å². The number of hydrogen-bond acceptors (Lipinski definition) is 4. The van der Waals surface area contributed by atoms with E-state index in [-0.39, 0.29) is 12.0 Å². The molecule has 1 heterocycles. The third-order valence-corrected chi connectivity index (χ3v) is 7.93. The molecule has 1 aliphatic rings. The maximum absolute atomic E-state index is 14.2. The third kappa shape index (κ3) is 4.97. The Balaban J connectivity index is 2.02. The van der Waals surface area contributed by atoms with E-state index in [9.17, 15) is 13.6 Å². The smallest absolute Gasteiger partial charge is 0.303 e. The molecular weight excluding hydrogens is 398 g/mol. The molecule has 0 aliphatic carbocycles. The molecule has 1 atom stereocenters.